The van der Waals surface area contributed by atoms with Gasteiger partial charge in [-0.2, -0.15) is 0 Å². The van der Waals surface area contributed by atoms with E-state index in [1.54, 1.807) is 18.2 Å². The highest BCUT2D eigenvalue weighted by Crippen LogP contribution is 2.23. The van der Waals surface area contributed by atoms with Crippen LogP contribution in [0.2, 0.25) is 0 Å². The lowest BCUT2D eigenvalue weighted by Crippen LogP contribution is -2.03. The molecule has 1 aromatic carbocycles. The fraction of sp³-hybridized carbons (Fsp3) is 0.167. The number of Topliss-reactive ketones (excluding diaryl/α,β-unsaturated/α-hetero) is 1. The molecule has 0 radical (unpaired) electrons. The molecule has 1 rings (SSSR count). The second-order valence-electron chi connectivity index (χ2n) is 3.23. The zero-order chi connectivity index (χ0) is 12.8. The first-order valence-corrected chi connectivity index (χ1v) is 6.17. The minimum Gasteiger partial charge on any atom is -0.478 e. The summed E-state index contributed by atoms with van der Waals surface area (Å²) in [4.78, 5) is 22.3. The Hall–Kier alpha value is -1.13. The summed E-state index contributed by atoms with van der Waals surface area (Å²) in [6.45, 7) is 0. The van der Waals surface area contributed by atoms with Crippen molar-refractivity contribution in [3.8, 4) is 0 Å². The standard InChI is InChI=1S/C12H10BrClO3/c13-10-3-1-2-9(11(15)6-7-14)8(10)4-5-12(16)17/h1-5H,6-7H2,(H,16,17)/b5-4+. The maximum Gasteiger partial charge on any atom is 0.328 e. The maximum atomic E-state index is 11.8. The van der Waals surface area contributed by atoms with Crippen LogP contribution in [0.5, 0.6) is 0 Å². The molecule has 3 nitrogen and oxygen atoms in total. The Kier molecular flexibility index (Phi) is 5.38. The maximum absolute atomic E-state index is 11.8. The first kappa shape index (κ1) is 13.9. The summed E-state index contributed by atoms with van der Waals surface area (Å²) in [7, 11) is 0. The van der Waals surface area contributed by atoms with Gasteiger partial charge in [0.1, 0.15) is 0 Å². The predicted molar refractivity (Wildman–Crippen MR) is 70.5 cm³/mol. The van der Waals surface area contributed by atoms with Crippen molar-refractivity contribution in [1.29, 1.82) is 0 Å². The number of alkyl halides is 1. The Morgan fingerprint density at radius 3 is 2.71 bits per heavy atom. The summed E-state index contributed by atoms with van der Waals surface area (Å²) < 4.78 is 0.676. The fourth-order valence-corrected chi connectivity index (χ4v) is 1.99. The minimum atomic E-state index is -1.06. The summed E-state index contributed by atoms with van der Waals surface area (Å²) in [5.74, 6) is -0.921. The molecule has 0 amide bonds. The number of carboxylic acid groups (broad SMARTS) is 1. The van der Waals surface area contributed by atoms with Crippen molar-refractivity contribution in [1.82, 2.24) is 0 Å². The third-order valence-corrected chi connectivity index (χ3v) is 2.95. The molecule has 0 bridgehead atoms. The van der Waals surface area contributed by atoms with Crippen molar-refractivity contribution >= 4 is 45.4 Å². The first-order chi connectivity index (χ1) is 8.06. The predicted octanol–water partition coefficient (Wildman–Crippen LogP) is 3.36. The van der Waals surface area contributed by atoms with Gasteiger partial charge >= 0.3 is 5.97 Å². The lowest BCUT2D eigenvalue weighted by molar-refractivity contribution is -0.131. The third-order valence-electron chi connectivity index (χ3n) is 2.07. The number of rotatable bonds is 5. The van der Waals surface area contributed by atoms with E-state index in [-0.39, 0.29) is 18.1 Å². The molecule has 90 valence electrons. The van der Waals surface area contributed by atoms with Gasteiger partial charge in [0.25, 0.3) is 0 Å². The van der Waals surface area contributed by atoms with Crippen LogP contribution in [0.15, 0.2) is 28.7 Å². The normalized spacial score (nSPS) is 10.7. The van der Waals surface area contributed by atoms with Gasteiger partial charge in [-0.25, -0.2) is 4.79 Å². The van der Waals surface area contributed by atoms with Crippen molar-refractivity contribution in [2.24, 2.45) is 0 Å². The highest BCUT2D eigenvalue weighted by atomic mass is 79.9. The van der Waals surface area contributed by atoms with Crippen LogP contribution in [0.1, 0.15) is 22.3 Å². The van der Waals surface area contributed by atoms with Gasteiger partial charge in [-0.15, -0.1) is 11.6 Å². The van der Waals surface area contributed by atoms with Gasteiger partial charge in [-0.05, 0) is 17.7 Å². The Balaban J connectivity index is 3.17. The molecule has 5 heteroatoms. The number of hydrogen-bond acceptors (Lipinski definition) is 2. The SMILES string of the molecule is O=C(O)/C=C/c1c(Br)cccc1C(=O)CCCl. The van der Waals surface area contributed by atoms with Gasteiger partial charge < -0.3 is 5.11 Å². The lowest BCUT2D eigenvalue weighted by atomic mass is 10.0. The second kappa shape index (κ2) is 6.57. The zero-order valence-electron chi connectivity index (χ0n) is 8.82. The molecule has 0 saturated heterocycles. The average Bonchev–Trinajstić information content (AvgIpc) is 2.27. The van der Waals surface area contributed by atoms with E-state index >= 15 is 0 Å². The van der Waals surface area contributed by atoms with E-state index in [1.807, 2.05) is 0 Å². The van der Waals surface area contributed by atoms with E-state index in [0.29, 0.717) is 15.6 Å². The van der Waals surface area contributed by atoms with E-state index in [0.717, 1.165) is 6.08 Å². The molecule has 0 aliphatic heterocycles. The zero-order valence-corrected chi connectivity index (χ0v) is 11.2. The van der Waals surface area contributed by atoms with E-state index in [2.05, 4.69) is 15.9 Å². The highest BCUT2D eigenvalue weighted by molar-refractivity contribution is 9.10. The first-order valence-electron chi connectivity index (χ1n) is 4.85. The van der Waals surface area contributed by atoms with E-state index in [9.17, 15) is 9.59 Å². The van der Waals surface area contributed by atoms with Crippen molar-refractivity contribution < 1.29 is 14.7 Å². The van der Waals surface area contributed by atoms with Crippen molar-refractivity contribution in [3.05, 3.63) is 39.9 Å². The van der Waals surface area contributed by atoms with Crippen LogP contribution in [0.3, 0.4) is 0 Å². The van der Waals surface area contributed by atoms with Gasteiger partial charge in [0.15, 0.2) is 5.78 Å². The second-order valence-corrected chi connectivity index (χ2v) is 4.47. The van der Waals surface area contributed by atoms with Crippen LogP contribution in [-0.4, -0.2) is 22.7 Å². The number of carbonyl (C=O) groups is 2. The largest absolute Gasteiger partial charge is 0.478 e. The van der Waals surface area contributed by atoms with Crippen LogP contribution in [0.4, 0.5) is 0 Å². The number of carboxylic acids is 1. The number of aliphatic carboxylic acids is 1. The smallest absolute Gasteiger partial charge is 0.328 e. The van der Waals surface area contributed by atoms with Crippen molar-refractivity contribution in [3.63, 3.8) is 0 Å². The van der Waals surface area contributed by atoms with Gasteiger partial charge in [0.05, 0.1) is 0 Å². The molecule has 0 aromatic heterocycles. The van der Waals surface area contributed by atoms with Crippen LogP contribution in [-0.2, 0) is 4.79 Å². The molecule has 1 N–H and O–H groups in total. The number of ketones is 1. The van der Waals surface area contributed by atoms with E-state index in [4.69, 9.17) is 16.7 Å². The third kappa shape index (κ3) is 3.98. The van der Waals surface area contributed by atoms with Crippen molar-refractivity contribution in [2.45, 2.75) is 6.42 Å². The van der Waals surface area contributed by atoms with E-state index in [1.165, 1.54) is 6.08 Å². The summed E-state index contributed by atoms with van der Waals surface area (Å²) in [5.41, 5.74) is 1.03. The fourth-order valence-electron chi connectivity index (χ4n) is 1.32. The summed E-state index contributed by atoms with van der Waals surface area (Å²) in [5, 5.41) is 8.59. The van der Waals surface area contributed by atoms with Crippen LogP contribution >= 0.6 is 27.5 Å². The average molecular weight is 318 g/mol. The minimum absolute atomic E-state index is 0.105. The molecule has 0 fully saturated rings. The Labute approximate surface area is 112 Å². The molecular formula is C12H10BrClO3. The Morgan fingerprint density at radius 1 is 1.41 bits per heavy atom. The van der Waals surface area contributed by atoms with Gasteiger partial charge in [-0.1, -0.05) is 28.1 Å². The molecule has 17 heavy (non-hydrogen) atoms. The van der Waals surface area contributed by atoms with Gasteiger partial charge in [0.2, 0.25) is 0 Å². The Bertz CT molecular complexity index is 469. The number of carbonyl (C=O) groups excluding carboxylic acids is 1. The van der Waals surface area contributed by atoms with E-state index < -0.39 is 5.97 Å². The number of hydrogen-bond donors (Lipinski definition) is 1. The lowest BCUT2D eigenvalue weighted by Gasteiger charge is -2.06. The molecule has 0 aliphatic carbocycles. The topological polar surface area (TPSA) is 54.4 Å². The number of halogens is 2. The van der Waals surface area contributed by atoms with Crippen LogP contribution in [0.25, 0.3) is 6.08 Å². The number of benzene rings is 1. The summed E-state index contributed by atoms with van der Waals surface area (Å²) in [6, 6.07) is 5.13. The molecule has 0 atom stereocenters. The monoisotopic (exact) mass is 316 g/mol. The van der Waals surface area contributed by atoms with Gasteiger partial charge in [-0.3, -0.25) is 4.79 Å². The van der Waals surface area contributed by atoms with Crippen LogP contribution < -0.4 is 0 Å². The quantitative estimate of drug-likeness (QED) is 0.515. The molecule has 0 aliphatic rings. The summed E-state index contributed by atoms with van der Waals surface area (Å²) >= 11 is 8.81. The van der Waals surface area contributed by atoms with Crippen molar-refractivity contribution in [2.75, 3.05) is 5.88 Å². The molecular weight excluding hydrogens is 307 g/mol. The molecule has 0 heterocycles. The molecule has 1 aromatic rings. The van der Waals surface area contributed by atoms with Crippen LogP contribution in [0, 0.1) is 0 Å². The Morgan fingerprint density at radius 2 is 2.12 bits per heavy atom. The molecule has 0 spiro atoms. The summed E-state index contributed by atoms with van der Waals surface area (Å²) in [6.07, 6.45) is 2.62. The van der Waals surface area contributed by atoms with Gasteiger partial charge in [0, 0.05) is 28.4 Å². The molecule has 0 saturated carbocycles. The molecule has 0 unspecified atom stereocenters. The highest BCUT2D eigenvalue weighted by Gasteiger charge is 2.11.